The fourth-order valence-corrected chi connectivity index (χ4v) is 7.07. The third-order valence-corrected chi connectivity index (χ3v) is 8.67. The number of aliphatic hydroxyl groups is 2. The number of carboxylic acids is 1. The number of ether oxygens (including phenoxy) is 4. The third-order valence-electron chi connectivity index (χ3n) is 7.01. The van der Waals surface area contributed by atoms with Crippen molar-refractivity contribution >= 4 is 35.3 Å². The van der Waals surface area contributed by atoms with Crippen LogP contribution in [-0.2, 0) is 28.5 Å². The van der Waals surface area contributed by atoms with Gasteiger partial charge < -0.3 is 34.3 Å². The van der Waals surface area contributed by atoms with Gasteiger partial charge in [0, 0.05) is 22.6 Å². The molecular weight excluding hydrogens is 476 g/mol. The van der Waals surface area contributed by atoms with Gasteiger partial charge in [-0.05, 0) is 24.5 Å². The number of hydrogen-bond donors (Lipinski definition) is 3. The van der Waals surface area contributed by atoms with Crippen LogP contribution in [0.1, 0.15) is 12.8 Å². The summed E-state index contributed by atoms with van der Waals surface area (Å²) in [5, 5.41) is 30.3. The molecule has 3 N–H and O–H groups in total. The number of aliphatic carboxylic acids is 1. The predicted molar refractivity (Wildman–Crippen MR) is 114 cm³/mol. The number of aliphatic hydroxyl groups excluding tert-OH is 2. The first-order valence-electron chi connectivity index (χ1n) is 10.9. The lowest BCUT2D eigenvalue weighted by Crippen LogP contribution is -2.60. The van der Waals surface area contributed by atoms with Crippen molar-refractivity contribution in [2.45, 2.75) is 58.8 Å². The normalized spacial score (nSPS) is 41.4. The summed E-state index contributed by atoms with van der Waals surface area (Å²) in [6.07, 6.45) is -5.33. The second-order valence-corrected chi connectivity index (χ2v) is 10.6. The smallest absolute Gasteiger partial charge is 0.335 e. The van der Waals surface area contributed by atoms with Gasteiger partial charge in [0.05, 0.1) is 19.1 Å². The molecule has 1 aromatic rings. The summed E-state index contributed by atoms with van der Waals surface area (Å²) in [6.45, 7) is 0.900. The Morgan fingerprint density at radius 2 is 1.82 bits per heavy atom. The van der Waals surface area contributed by atoms with Crippen LogP contribution in [0.5, 0.6) is 0 Å². The molecule has 4 unspecified atom stereocenters. The lowest BCUT2D eigenvalue weighted by atomic mass is 9.93. The molecule has 0 radical (unpaired) electrons. The van der Waals surface area contributed by atoms with Crippen LogP contribution < -0.4 is 0 Å². The Bertz CT molecular complexity index is 895. The van der Waals surface area contributed by atoms with E-state index in [1.165, 1.54) is 0 Å². The number of alkyl halides is 1. The molecule has 4 aliphatic rings. The molecule has 0 amide bonds. The standard InChI is InChI=1S/C22H25ClO9S/c23-13-8-12-14(11(13)9-22(12)29-6-7-30-22)20(28)31-18-16(25)15(24)17(19(26)27)32-21(18)33-10-4-2-1-3-5-10/h1-5,11-18,21,24-25H,6-9H2,(H,26,27)/t11?,12?,13?,14?,15-,16-,17-,18+,21-/m0/s1. The van der Waals surface area contributed by atoms with E-state index in [-0.39, 0.29) is 17.2 Å². The summed E-state index contributed by atoms with van der Waals surface area (Å²) in [5.41, 5.74) is -1.05. The zero-order chi connectivity index (χ0) is 23.3. The van der Waals surface area contributed by atoms with E-state index in [9.17, 15) is 24.9 Å². The Balaban J connectivity index is 1.37. The first-order valence-corrected chi connectivity index (χ1v) is 12.2. The van der Waals surface area contributed by atoms with Crippen molar-refractivity contribution in [3.05, 3.63) is 30.3 Å². The van der Waals surface area contributed by atoms with E-state index < -0.39 is 53.5 Å². The number of halogens is 1. The van der Waals surface area contributed by atoms with E-state index in [4.69, 9.17) is 30.5 Å². The molecule has 4 fully saturated rings. The Hall–Kier alpha value is -1.40. The highest BCUT2D eigenvalue weighted by Gasteiger charge is 2.66. The van der Waals surface area contributed by atoms with Crippen molar-refractivity contribution in [3.8, 4) is 0 Å². The number of rotatable bonds is 5. The number of thioether (sulfide) groups is 1. The fourth-order valence-electron chi connectivity index (χ4n) is 5.52. The van der Waals surface area contributed by atoms with E-state index in [1.807, 2.05) is 6.07 Å². The number of hydrogen-bond acceptors (Lipinski definition) is 9. The average molecular weight is 501 g/mol. The summed E-state index contributed by atoms with van der Waals surface area (Å²) in [4.78, 5) is 25.7. The van der Waals surface area contributed by atoms with Gasteiger partial charge in [-0.15, -0.1) is 11.6 Å². The van der Waals surface area contributed by atoms with E-state index >= 15 is 0 Å². The number of esters is 1. The lowest BCUT2D eigenvalue weighted by Gasteiger charge is -2.40. The third kappa shape index (κ3) is 4.05. The van der Waals surface area contributed by atoms with Crippen LogP contribution in [0, 0.1) is 17.8 Å². The van der Waals surface area contributed by atoms with E-state index in [0.29, 0.717) is 26.1 Å². The molecule has 33 heavy (non-hydrogen) atoms. The SMILES string of the molecule is O=C(O[C@@H]1[C@@H](O)[C@H](O)[C@@H](C(=O)O)O[C@H]1Sc1ccccc1)C1C2CC3(OCCO3)C1CC2Cl. The van der Waals surface area contributed by atoms with Gasteiger partial charge >= 0.3 is 11.9 Å². The van der Waals surface area contributed by atoms with Crippen molar-refractivity contribution in [3.63, 3.8) is 0 Å². The summed E-state index contributed by atoms with van der Waals surface area (Å²) in [7, 11) is 0. The van der Waals surface area contributed by atoms with Gasteiger partial charge in [0.1, 0.15) is 17.6 Å². The van der Waals surface area contributed by atoms with Gasteiger partial charge in [-0.3, -0.25) is 4.79 Å². The molecule has 2 bridgehead atoms. The molecule has 9 nitrogen and oxygen atoms in total. The molecule has 5 rings (SSSR count). The first-order chi connectivity index (χ1) is 15.8. The Labute approximate surface area is 199 Å². The molecule has 2 saturated heterocycles. The fraction of sp³-hybridized carbons (Fsp3) is 0.636. The number of fused-ring (bicyclic) bond motifs is 3. The maximum absolute atomic E-state index is 13.4. The predicted octanol–water partition coefficient (Wildman–Crippen LogP) is 1.23. The topological polar surface area (TPSA) is 132 Å². The van der Waals surface area contributed by atoms with Crippen molar-refractivity contribution in [2.75, 3.05) is 13.2 Å². The molecule has 180 valence electrons. The van der Waals surface area contributed by atoms with Gasteiger partial charge in [0.2, 0.25) is 0 Å². The first kappa shape index (κ1) is 23.3. The highest BCUT2D eigenvalue weighted by Crippen LogP contribution is 2.60. The zero-order valence-corrected chi connectivity index (χ0v) is 19.1. The summed E-state index contributed by atoms with van der Waals surface area (Å²) in [6, 6.07) is 8.99. The van der Waals surface area contributed by atoms with Crippen LogP contribution in [-0.4, -0.2) is 81.5 Å². The van der Waals surface area contributed by atoms with Crippen LogP contribution in [0.15, 0.2) is 35.2 Å². The lowest BCUT2D eigenvalue weighted by molar-refractivity contribution is -0.223. The highest BCUT2D eigenvalue weighted by molar-refractivity contribution is 7.99. The van der Waals surface area contributed by atoms with Gasteiger partial charge in [0.15, 0.2) is 18.0 Å². The van der Waals surface area contributed by atoms with Gasteiger partial charge in [-0.25, -0.2) is 4.79 Å². The second kappa shape index (κ2) is 8.99. The van der Waals surface area contributed by atoms with Crippen molar-refractivity contribution < 1.29 is 43.9 Å². The minimum atomic E-state index is -1.76. The van der Waals surface area contributed by atoms with Crippen LogP contribution in [0.25, 0.3) is 0 Å². The number of benzene rings is 1. The maximum Gasteiger partial charge on any atom is 0.335 e. The van der Waals surface area contributed by atoms with Crippen LogP contribution in [0.3, 0.4) is 0 Å². The van der Waals surface area contributed by atoms with Crippen molar-refractivity contribution in [2.24, 2.45) is 17.8 Å². The largest absolute Gasteiger partial charge is 0.479 e. The molecular formula is C22H25ClO9S. The van der Waals surface area contributed by atoms with Gasteiger partial charge in [-0.2, -0.15) is 0 Å². The summed E-state index contributed by atoms with van der Waals surface area (Å²) >= 11 is 7.60. The van der Waals surface area contributed by atoms with Crippen LogP contribution in [0.2, 0.25) is 0 Å². The van der Waals surface area contributed by atoms with Crippen LogP contribution in [0.4, 0.5) is 0 Å². The van der Waals surface area contributed by atoms with E-state index in [2.05, 4.69) is 0 Å². The minimum absolute atomic E-state index is 0.208. The van der Waals surface area contributed by atoms with Gasteiger partial charge in [0.25, 0.3) is 0 Å². The molecule has 9 atom stereocenters. The molecule has 1 aromatic carbocycles. The quantitative estimate of drug-likeness (QED) is 0.400. The molecule has 2 aliphatic carbocycles. The summed E-state index contributed by atoms with van der Waals surface area (Å²) < 4.78 is 23.1. The van der Waals surface area contributed by atoms with Crippen molar-refractivity contribution in [1.82, 2.24) is 0 Å². The molecule has 2 heterocycles. The number of carbonyl (C=O) groups is 2. The number of carboxylic acid groups (broad SMARTS) is 1. The van der Waals surface area contributed by atoms with E-state index in [0.717, 1.165) is 16.7 Å². The molecule has 2 aliphatic heterocycles. The maximum atomic E-state index is 13.4. The van der Waals surface area contributed by atoms with Gasteiger partial charge in [-0.1, -0.05) is 30.0 Å². The Kier molecular flexibility index (Phi) is 6.36. The monoisotopic (exact) mass is 500 g/mol. The molecule has 1 spiro atoms. The number of carbonyl (C=O) groups excluding carboxylic acids is 1. The van der Waals surface area contributed by atoms with Crippen LogP contribution >= 0.6 is 23.4 Å². The zero-order valence-electron chi connectivity index (χ0n) is 17.5. The minimum Gasteiger partial charge on any atom is -0.479 e. The Morgan fingerprint density at radius 3 is 2.48 bits per heavy atom. The molecule has 0 aromatic heterocycles. The summed E-state index contributed by atoms with van der Waals surface area (Å²) in [5.74, 6) is -3.92. The van der Waals surface area contributed by atoms with Crippen molar-refractivity contribution in [1.29, 1.82) is 0 Å². The Morgan fingerprint density at radius 1 is 1.12 bits per heavy atom. The average Bonchev–Trinajstić information content (AvgIpc) is 3.47. The highest BCUT2D eigenvalue weighted by atomic mass is 35.5. The molecule has 11 heteroatoms. The molecule has 2 saturated carbocycles. The van der Waals surface area contributed by atoms with E-state index in [1.54, 1.807) is 24.3 Å². The second-order valence-electron chi connectivity index (χ2n) is 8.84.